The standard InChI is InChI=1S/C11H15N.C3H8O3S/c1-8-11(2,3)9-6-4-5-7-10(9)12-8;1-2-3-7(4,5)6/h4-8,12H,1-3H3;2-3H2,1H3,(H,4,5,6). The summed E-state index contributed by atoms with van der Waals surface area (Å²) in [5.41, 5.74) is 3.02. The molecule has 0 aromatic heterocycles. The number of hydrogen-bond donors (Lipinski definition) is 2. The molecule has 19 heavy (non-hydrogen) atoms. The van der Waals surface area contributed by atoms with E-state index in [0.717, 1.165) is 0 Å². The van der Waals surface area contributed by atoms with Crippen LogP contribution in [0.2, 0.25) is 0 Å². The van der Waals surface area contributed by atoms with Crippen LogP contribution in [0.25, 0.3) is 0 Å². The first-order chi connectivity index (χ1) is 8.68. The van der Waals surface area contributed by atoms with E-state index < -0.39 is 10.1 Å². The molecule has 0 saturated heterocycles. The van der Waals surface area contributed by atoms with Gasteiger partial charge in [-0.1, -0.05) is 39.0 Å². The summed E-state index contributed by atoms with van der Waals surface area (Å²) in [5, 5.41) is 3.49. The molecule has 4 nitrogen and oxygen atoms in total. The van der Waals surface area contributed by atoms with Crippen molar-refractivity contribution in [2.75, 3.05) is 11.1 Å². The molecule has 0 amide bonds. The lowest BCUT2D eigenvalue weighted by Gasteiger charge is -2.23. The van der Waals surface area contributed by atoms with Crippen LogP contribution >= 0.6 is 0 Å². The van der Waals surface area contributed by atoms with Gasteiger partial charge in [0, 0.05) is 17.1 Å². The summed E-state index contributed by atoms with van der Waals surface area (Å²) < 4.78 is 27.6. The van der Waals surface area contributed by atoms with Gasteiger partial charge >= 0.3 is 0 Å². The highest BCUT2D eigenvalue weighted by atomic mass is 32.2. The topological polar surface area (TPSA) is 66.4 Å². The first kappa shape index (κ1) is 16.0. The van der Waals surface area contributed by atoms with Gasteiger partial charge in [-0.3, -0.25) is 4.55 Å². The van der Waals surface area contributed by atoms with Crippen molar-refractivity contribution in [3.8, 4) is 0 Å². The molecule has 1 unspecified atom stereocenters. The molecule has 0 aliphatic carbocycles. The van der Waals surface area contributed by atoms with Crippen molar-refractivity contribution in [2.24, 2.45) is 0 Å². The van der Waals surface area contributed by atoms with Crippen LogP contribution in [0.3, 0.4) is 0 Å². The number of fused-ring (bicyclic) bond motifs is 1. The Hall–Kier alpha value is -1.07. The van der Waals surface area contributed by atoms with Crippen LogP contribution in [0.1, 0.15) is 39.7 Å². The van der Waals surface area contributed by atoms with E-state index in [-0.39, 0.29) is 11.2 Å². The van der Waals surface area contributed by atoms with Crippen molar-refractivity contribution in [3.63, 3.8) is 0 Å². The Morgan fingerprint density at radius 2 is 1.89 bits per heavy atom. The van der Waals surface area contributed by atoms with Gasteiger partial charge in [-0.15, -0.1) is 0 Å². The number of hydrogen-bond acceptors (Lipinski definition) is 3. The molecule has 1 aliphatic rings. The Bertz CT molecular complexity index is 523. The zero-order chi connectivity index (χ0) is 14.7. The minimum atomic E-state index is -3.67. The number of anilines is 1. The molecule has 5 heteroatoms. The van der Waals surface area contributed by atoms with Gasteiger partial charge in [0.2, 0.25) is 0 Å². The summed E-state index contributed by atoms with van der Waals surface area (Å²) in [5.74, 6) is -0.132. The summed E-state index contributed by atoms with van der Waals surface area (Å²) in [6, 6.07) is 9.10. The predicted molar refractivity (Wildman–Crippen MR) is 79.3 cm³/mol. The monoisotopic (exact) mass is 285 g/mol. The summed E-state index contributed by atoms with van der Waals surface area (Å²) >= 11 is 0. The maximum absolute atomic E-state index is 9.79. The van der Waals surface area contributed by atoms with E-state index in [4.69, 9.17) is 4.55 Å². The third kappa shape index (κ3) is 4.21. The Kier molecular flexibility index (Phi) is 4.98. The van der Waals surface area contributed by atoms with Crippen molar-refractivity contribution in [1.29, 1.82) is 0 Å². The second-order valence-corrected chi connectivity index (χ2v) is 6.99. The number of nitrogens with one attached hydrogen (secondary N) is 1. The lowest BCUT2D eigenvalue weighted by atomic mass is 9.81. The van der Waals surface area contributed by atoms with Crippen LogP contribution in [0, 0.1) is 0 Å². The molecule has 1 aromatic rings. The van der Waals surface area contributed by atoms with Crippen LogP contribution < -0.4 is 5.32 Å². The molecular weight excluding hydrogens is 262 g/mol. The fourth-order valence-corrected chi connectivity index (χ4v) is 2.59. The van der Waals surface area contributed by atoms with E-state index >= 15 is 0 Å². The van der Waals surface area contributed by atoms with E-state index in [1.54, 1.807) is 6.92 Å². The minimum Gasteiger partial charge on any atom is -0.381 e. The fourth-order valence-electron chi connectivity index (χ4n) is 2.08. The Labute approximate surface area is 116 Å². The highest BCUT2D eigenvalue weighted by Gasteiger charge is 2.35. The molecule has 0 fully saturated rings. The third-order valence-corrected chi connectivity index (χ3v) is 4.46. The summed E-state index contributed by atoms with van der Waals surface area (Å²) in [7, 11) is -3.67. The Morgan fingerprint density at radius 3 is 2.32 bits per heavy atom. The average Bonchev–Trinajstić information content (AvgIpc) is 2.50. The first-order valence-electron chi connectivity index (χ1n) is 6.49. The molecule has 0 bridgehead atoms. The van der Waals surface area contributed by atoms with Gasteiger partial charge in [-0.2, -0.15) is 8.42 Å². The summed E-state index contributed by atoms with van der Waals surface area (Å²) in [6.45, 7) is 8.50. The molecule has 2 rings (SSSR count). The molecule has 0 saturated carbocycles. The molecule has 1 heterocycles. The largest absolute Gasteiger partial charge is 0.381 e. The minimum absolute atomic E-state index is 0.132. The zero-order valence-electron chi connectivity index (χ0n) is 12.0. The van der Waals surface area contributed by atoms with Crippen LogP contribution in [-0.4, -0.2) is 24.8 Å². The van der Waals surface area contributed by atoms with Gasteiger partial charge in [0.05, 0.1) is 5.75 Å². The van der Waals surface area contributed by atoms with Gasteiger partial charge in [-0.25, -0.2) is 0 Å². The van der Waals surface area contributed by atoms with Gasteiger partial charge in [-0.05, 0) is 25.0 Å². The number of rotatable bonds is 2. The average molecular weight is 285 g/mol. The van der Waals surface area contributed by atoms with Crippen molar-refractivity contribution < 1.29 is 13.0 Å². The molecule has 1 atom stereocenters. The fraction of sp³-hybridized carbons (Fsp3) is 0.571. The molecule has 0 radical (unpaired) electrons. The maximum atomic E-state index is 9.79. The number of para-hydroxylation sites is 1. The van der Waals surface area contributed by atoms with Crippen molar-refractivity contribution >= 4 is 15.8 Å². The van der Waals surface area contributed by atoms with Gasteiger partial charge in [0.15, 0.2) is 0 Å². The maximum Gasteiger partial charge on any atom is 0.264 e. The van der Waals surface area contributed by atoms with Crippen LogP contribution in [-0.2, 0) is 15.5 Å². The Morgan fingerprint density at radius 1 is 1.32 bits per heavy atom. The van der Waals surface area contributed by atoms with E-state index in [9.17, 15) is 8.42 Å². The van der Waals surface area contributed by atoms with Gasteiger partial charge < -0.3 is 5.32 Å². The second-order valence-electron chi connectivity index (χ2n) is 5.42. The number of benzene rings is 1. The molecular formula is C14H23NO3S. The van der Waals surface area contributed by atoms with Crippen LogP contribution in [0.4, 0.5) is 5.69 Å². The predicted octanol–water partition coefficient (Wildman–Crippen LogP) is 3.06. The second kappa shape index (κ2) is 5.92. The Balaban J connectivity index is 0.000000224. The van der Waals surface area contributed by atoms with Crippen LogP contribution in [0.5, 0.6) is 0 Å². The van der Waals surface area contributed by atoms with E-state index in [1.807, 2.05) is 0 Å². The molecule has 1 aliphatic heterocycles. The smallest absolute Gasteiger partial charge is 0.264 e. The lowest BCUT2D eigenvalue weighted by molar-refractivity contribution is 0.482. The van der Waals surface area contributed by atoms with Crippen molar-refractivity contribution in [3.05, 3.63) is 29.8 Å². The van der Waals surface area contributed by atoms with E-state index in [2.05, 4.69) is 50.4 Å². The molecule has 0 spiro atoms. The molecule has 2 N–H and O–H groups in total. The summed E-state index contributed by atoms with van der Waals surface area (Å²) in [6.07, 6.45) is 0.471. The quantitative estimate of drug-likeness (QED) is 0.820. The molecule has 1 aromatic carbocycles. The summed E-state index contributed by atoms with van der Waals surface area (Å²) in [4.78, 5) is 0. The van der Waals surface area contributed by atoms with E-state index in [1.165, 1.54) is 11.3 Å². The van der Waals surface area contributed by atoms with Crippen molar-refractivity contribution in [1.82, 2.24) is 0 Å². The van der Waals surface area contributed by atoms with Gasteiger partial charge in [0.1, 0.15) is 0 Å². The molecule has 108 valence electrons. The first-order valence-corrected chi connectivity index (χ1v) is 8.10. The van der Waals surface area contributed by atoms with E-state index in [0.29, 0.717) is 12.5 Å². The third-order valence-electron chi connectivity index (χ3n) is 3.54. The highest BCUT2D eigenvalue weighted by Crippen LogP contribution is 2.39. The van der Waals surface area contributed by atoms with Crippen LogP contribution in [0.15, 0.2) is 24.3 Å². The van der Waals surface area contributed by atoms with Gasteiger partial charge in [0.25, 0.3) is 10.1 Å². The highest BCUT2D eigenvalue weighted by molar-refractivity contribution is 7.85. The zero-order valence-corrected chi connectivity index (χ0v) is 12.8. The SMILES string of the molecule is CC1Nc2ccccc2C1(C)C.CCCS(=O)(=O)O. The van der Waals surface area contributed by atoms with Crippen molar-refractivity contribution in [2.45, 2.75) is 45.6 Å². The lowest BCUT2D eigenvalue weighted by Crippen LogP contribution is -2.29. The normalized spacial score (nSPS) is 19.9.